The van der Waals surface area contributed by atoms with Gasteiger partial charge in [-0.05, 0) is 109 Å². The van der Waals surface area contributed by atoms with Crippen LogP contribution in [0, 0.1) is 6.92 Å². The fourth-order valence-corrected chi connectivity index (χ4v) is 8.28. The molecular formula is C53H36N4. The van der Waals surface area contributed by atoms with Gasteiger partial charge >= 0.3 is 0 Å². The fraction of sp³-hybridized carbons (Fsp3) is 0.0189. The first-order valence-electron chi connectivity index (χ1n) is 19.1. The van der Waals surface area contributed by atoms with Crippen molar-refractivity contribution in [1.29, 1.82) is 0 Å². The smallest absolute Gasteiger partial charge is 0.164 e. The number of hydrogen-bond acceptors (Lipinski definition) is 4. The molecule has 4 heteroatoms. The number of fused-ring (bicyclic) bond motifs is 8. The lowest BCUT2D eigenvalue weighted by Crippen LogP contribution is -2.01. The summed E-state index contributed by atoms with van der Waals surface area (Å²) in [5.41, 5.74) is 9.06. The summed E-state index contributed by atoms with van der Waals surface area (Å²) in [5.74, 6) is 1.81. The second-order valence-electron chi connectivity index (χ2n) is 14.4. The van der Waals surface area contributed by atoms with Gasteiger partial charge in [-0.15, -0.1) is 0 Å². The van der Waals surface area contributed by atoms with Gasteiger partial charge < -0.3 is 0 Å². The van der Waals surface area contributed by atoms with Crippen molar-refractivity contribution < 1.29 is 0 Å². The van der Waals surface area contributed by atoms with E-state index in [2.05, 4.69) is 140 Å². The van der Waals surface area contributed by atoms with E-state index in [1.807, 2.05) is 66.9 Å². The van der Waals surface area contributed by atoms with Crippen LogP contribution in [0.1, 0.15) is 16.7 Å². The molecule has 0 aliphatic carbocycles. The molecule has 9 aromatic carbocycles. The van der Waals surface area contributed by atoms with E-state index in [4.69, 9.17) is 15.0 Å². The van der Waals surface area contributed by atoms with E-state index in [0.29, 0.717) is 17.5 Å². The molecule has 10 aromatic rings. The number of benzene rings is 9. The molecule has 0 atom stereocenters. The molecule has 10 rings (SSSR count). The lowest BCUT2D eigenvalue weighted by atomic mass is 9.86. The van der Waals surface area contributed by atoms with Crippen molar-refractivity contribution in [3.05, 3.63) is 205 Å². The van der Waals surface area contributed by atoms with Gasteiger partial charge in [-0.3, -0.25) is 4.99 Å². The maximum atomic E-state index is 5.18. The quantitative estimate of drug-likeness (QED) is 0.121. The van der Waals surface area contributed by atoms with E-state index in [1.54, 1.807) is 0 Å². The van der Waals surface area contributed by atoms with Crippen molar-refractivity contribution >= 4 is 55.4 Å². The SMILES string of the molecule is C=N/C=C(/c1cc(-c2nc(-c3ccccc3)nc(-c3ccccc3)n2)cc(-c2cc3c4ccccc4c4ccccc4c3c3ccccc23)c1)c1ccccc1C. The fourth-order valence-electron chi connectivity index (χ4n) is 8.28. The number of hydrogen-bond donors (Lipinski definition) is 0. The van der Waals surface area contributed by atoms with Crippen molar-refractivity contribution in [2.24, 2.45) is 4.99 Å². The predicted molar refractivity (Wildman–Crippen MR) is 239 cm³/mol. The van der Waals surface area contributed by atoms with E-state index < -0.39 is 0 Å². The van der Waals surface area contributed by atoms with E-state index in [0.717, 1.165) is 50.1 Å². The zero-order valence-electron chi connectivity index (χ0n) is 31.4. The summed E-state index contributed by atoms with van der Waals surface area (Å²) < 4.78 is 0. The van der Waals surface area contributed by atoms with Crippen LogP contribution in [0.4, 0.5) is 0 Å². The summed E-state index contributed by atoms with van der Waals surface area (Å²) in [5, 5.41) is 9.82. The summed E-state index contributed by atoms with van der Waals surface area (Å²) in [4.78, 5) is 19.7. The Hall–Kier alpha value is -7.56. The maximum absolute atomic E-state index is 5.18. The minimum absolute atomic E-state index is 0.586. The van der Waals surface area contributed by atoms with Crippen molar-refractivity contribution in [3.8, 4) is 45.3 Å². The van der Waals surface area contributed by atoms with E-state index >= 15 is 0 Å². The van der Waals surface area contributed by atoms with Gasteiger partial charge in [0.1, 0.15) is 0 Å². The highest BCUT2D eigenvalue weighted by Gasteiger charge is 2.20. The topological polar surface area (TPSA) is 51.0 Å². The number of aromatic nitrogens is 3. The molecule has 1 aromatic heterocycles. The minimum Gasteiger partial charge on any atom is -0.272 e. The van der Waals surface area contributed by atoms with Gasteiger partial charge in [-0.2, -0.15) is 0 Å². The Bertz CT molecular complexity index is 3140. The zero-order chi connectivity index (χ0) is 38.3. The van der Waals surface area contributed by atoms with Crippen molar-refractivity contribution in [3.63, 3.8) is 0 Å². The molecule has 268 valence electrons. The van der Waals surface area contributed by atoms with E-state index in [1.165, 1.54) is 43.1 Å². The van der Waals surface area contributed by atoms with Crippen LogP contribution >= 0.6 is 0 Å². The van der Waals surface area contributed by atoms with Crippen molar-refractivity contribution in [2.45, 2.75) is 6.92 Å². The van der Waals surface area contributed by atoms with E-state index in [-0.39, 0.29) is 0 Å². The van der Waals surface area contributed by atoms with Gasteiger partial charge in [0.25, 0.3) is 0 Å². The molecule has 0 saturated heterocycles. The molecule has 4 nitrogen and oxygen atoms in total. The molecular weight excluding hydrogens is 693 g/mol. The molecule has 57 heavy (non-hydrogen) atoms. The highest BCUT2D eigenvalue weighted by molar-refractivity contribution is 6.33. The molecule has 0 spiro atoms. The third-order valence-electron chi connectivity index (χ3n) is 10.9. The molecule has 0 saturated carbocycles. The van der Waals surface area contributed by atoms with Gasteiger partial charge in [0.15, 0.2) is 17.5 Å². The first kappa shape index (κ1) is 34.0. The predicted octanol–water partition coefficient (Wildman–Crippen LogP) is 13.6. The summed E-state index contributed by atoms with van der Waals surface area (Å²) in [6.07, 6.45) is 1.86. The monoisotopic (exact) mass is 728 g/mol. The Kier molecular flexibility index (Phi) is 8.50. The maximum Gasteiger partial charge on any atom is 0.164 e. The van der Waals surface area contributed by atoms with Gasteiger partial charge in [0, 0.05) is 28.5 Å². The molecule has 1 heterocycles. The van der Waals surface area contributed by atoms with Crippen LogP contribution in [0.15, 0.2) is 193 Å². The Labute approximate surface area is 331 Å². The highest BCUT2D eigenvalue weighted by atomic mass is 15.0. The number of aryl methyl sites for hydroxylation is 1. The second-order valence-corrected chi connectivity index (χ2v) is 14.4. The van der Waals surface area contributed by atoms with Crippen molar-refractivity contribution in [1.82, 2.24) is 15.0 Å². The second kappa shape index (κ2) is 14.3. The summed E-state index contributed by atoms with van der Waals surface area (Å²) in [6, 6.07) is 64.0. The lowest BCUT2D eigenvalue weighted by Gasteiger charge is -2.18. The van der Waals surface area contributed by atoms with Crippen LogP contribution in [0.25, 0.3) is 94.0 Å². The summed E-state index contributed by atoms with van der Waals surface area (Å²) in [6.45, 7) is 6.03. The normalized spacial score (nSPS) is 11.8. The highest BCUT2D eigenvalue weighted by Crippen LogP contribution is 2.44. The van der Waals surface area contributed by atoms with E-state index in [9.17, 15) is 0 Å². The summed E-state index contributed by atoms with van der Waals surface area (Å²) in [7, 11) is 0. The molecule has 0 N–H and O–H groups in total. The average molecular weight is 729 g/mol. The summed E-state index contributed by atoms with van der Waals surface area (Å²) >= 11 is 0. The molecule has 0 aliphatic heterocycles. The third kappa shape index (κ3) is 6.05. The molecule has 0 amide bonds. The van der Waals surface area contributed by atoms with Gasteiger partial charge in [0.2, 0.25) is 0 Å². The first-order valence-corrected chi connectivity index (χ1v) is 19.1. The number of aliphatic imine (C=N–C) groups is 1. The zero-order valence-corrected chi connectivity index (χ0v) is 31.4. The number of nitrogens with zero attached hydrogens (tertiary/aromatic N) is 4. The molecule has 0 aliphatic rings. The Morgan fingerprint density at radius 3 is 1.49 bits per heavy atom. The van der Waals surface area contributed by atoms with Crippen LogP contribution in [-0.4, -0.2) is 21.7 Å². The lowest BCUT2D eigenvalue weighted by molar-refractivity contribution is 1.07. The molecule has 0 unspecified atom stereocenters. The molecule has 0 radical (unpaired) electrons. The number of rotatable bonds is 7. The Morgan fingerprint density at radius 1 is 0.439 bits per heavy atom. The Morgan fingerprint density at radius 2 is 0.895 bits per heavy atom. The van der Waals surface area contributed by atoms with Gasteiger partial charge in [-0.25, -0.2) is 15.0 Å². The van der Waals surface area contributed by atoms with Crippen LogP contribution in [0.5, 0.6) is 0 Å². The van der Waals surface area contributed by atoms with Crippen LogP contribution in [0.3, 0.4) is 0 Å². The van der Waals surface area contributed by atoms with Crippen LogP contribution in [0.2, 0.25) is 0 Å². The Balaban J connectivity index is 1.31. The average Bonchev–Trinajstić information content (AvgIpc) is 3.28. The van der Waals surface area contributed by atoms with Gasteiger partial charge in [0.05, 0.1) is 0 Å². The van der Waals surface area contributed by atoms with Gasteiger partial charge in [-0.1, -0.05) is 158 Å². The molecule has 0 bridgehead atoms. The largest absolute Gasteiger partial charge is 0.272 e. The minimum atomic E-state index is 0.586. The third-order valence-corrected chi connectivity index (χ3v) is 10.9. The van der Waals surface area contributed by atoms with Crippen molar-refractivity contribution in [2.75, 3.05) is 0 Å². The van der Waals surface area contributed by atoms with Crippen LogP contribution in [-0.2, 0) is 0 Å². The standard InChI is InChI=1S/C53H36N4/c1-34-17-9-10-22-40(34)49(33-54-2)38-29-37(30-39(31-38)53-56-51(35-18-5-3-6-19-35)55-52(57-53)36-20-7-4-8-21-36)47-32-48-43-25-12-11-23-41(43)42-24-13-15-27-45(42)50(48)46-28-16-14-26-44(46)47/h3-33H,2H2,1H3/b49-33-. The first-order chi connectivity index (χ1) is 28.1. The molecule has 0 fully saturated rings. The van der Waals surface area contributed by atoms with Crippen LogP contribution < -0.4 is 0 Å².